The zero-order valence-corrected chi connectivity index (χ0v) is 10.7. The first-order valence-corrected chi connectivity index (χ1v) is 6.31. The predicted molar refractivity (Wildman–Crippen MR) is 66.0 cm³/mol. The zero-order valence-electron chi connectivity index (χ0n) is 10.7. The number of nitrogens with one attached hydrogen (secondary N) is 1. The molecular formula is C12H15F3N4O. The summed E-state index contributed by atoms with van der Waals surface area (Å²) in [7, 11) is 0. The lowest BCUT2D eigenvalue weighted by Gasteiger charge is -2.32. The highest BCUT2D eigenvalue weighted by Crippen LogP contribution is 2.21. The van der Waals surface area contributed by atoms with Crippen molar-refractivity contribution in [3.8, 4) is 0 Å². The molecule has 110 valence electrons. The van der Waals surface area contributed by atoms with Gasteiger partial charge >= 0.3 is 6.18 Å². The molecule has 1 aromatic heterocycles. The number of halogens is 3. The van der Waals surface area contributed by atoms with Crippen molar-refractivity contribution in [2.75, 3.05) is 24.5 Å². The molecule has 1 aliphatic rings. The Kier molecular flexibility index (Phi) is 4.41. The number of amides is 1. The number of rotatable bonds is 3. The average molecular weight is 288 g/mol. The molecule has 0 radical (unpaired) electrons. The molecule has 5 nitrogen and oxygen atoms in total. The highest BCUT2D eigenvalue weighted by molar-refractivity contribution is 5.79. The minimum absolute atomic E-state index is 0.363. The van der Waals surface area contributed by atoms with Crippen LogP contribution in [0.4, 0.5) is 19.0 Å². The highest BCUT2D eigenvalue weighted by atomic mass is 19.4. The van der Waals surface area contributed by atoms with Crippen molar-refractivity contribution < 1.29 is 18.0 Å². The Balaban J connectivity index is 1.92. The van der Waals surface area contributed by atoms with Crippen LogP contribution in [0.1, 0.15) is 12.8 Å². The van der Waals surface area contributed by atoms with Crippen LogP contribution in [0, 0.1) is 5.92 Å². The van der Waals surface area contributed by atoms with Gasteiger partial charge in [-0.3, -0.25) is 9.78 Å². The molecule has 0 spiro atoms. The maximum absolute atomic E-state index is 12.1. The van der Waals surface area contributed by atoms with Gasteiger partial charge in [0.25, 0.3) is 0 Å². The second-order valence-electron chi connectivity index (χ2n) is 4.68. The van der Waals surface area contributed by atoms with E-state index < -0.39 is 24.5 Å². The summed E-state index contributed by atoms with van der Waals surface area (Å²) in [5, 5.41) is 1.94. The van der Waals surface area contributed by atoms with Crippen molar-refractivity contribution in [2.45, 2.75) is 19.0 Å². The maximum Gasteiger partial charge on any atom is 0.405 e. The van der Waals surface area contributed by atoms with Crippen LogP contribution in [0.15, 0.2) is 18.6 Å². The summed E-state index contributed by atoms with van der Waals surface area (Å²) in [6, 6.07) is 0. The van der Waals surface area contributed by atoms with Crippen LogP contribution in [0.2, 0.25) is 0 Å². The van der Waals surface area contributed by atoms with Crippen LogP contribution in [0.3, 0.4) is 0 Å². The second kappa shape index (κ2) is 6.06. The number of nitrogens with zero attached hydrogens (tertiary/aromatic N) is 3. The third-order valence-electron chi connectivity index (χ3n) is 3.13. The third-order valence-corrected chi connectivity index (χ3v) is 3.13. The van der Waals surface area contributed by atoms with E-state index in [0.717, 1.165) is 13.0 Å². The quantitative estimate of drug-likeness (QED) is 0.912. The first kappa shape index (κ1) is 14.5. The molecule has 20 heavy (non-hydrogen) atoms. The molecule has 0 aliphatic carbocycles. The van der Waals surface area contributed by atoms with Crippen LogP contribution in [-0.2, 0) is 4.79 Å². The summed E-state index contributed by atoms with van der Waals surface area (Å²) < 4.78 is 36.2. The molecule has 1 N–H and O–H groups in total. The van der Waals surface area contributed by atoms with E-state index in [0.29, 0.717) is 18.8 Å². The Morgan fingerprint density at radius 3 is 2.90 bits per heavy atom. The molecule has 1 fully saturated rings. The summed E-state index contributed by atoms with van der Waals surface area (Å²) in [4.78, 5) is 21.7. The summed E-state index contributed by atoms with van der Waals surface area (Å²) in [6.07, 6.45) is 1.61. The number of carbonyl (C=O) groups is 1. The molecule has 1 atom stereocenters. The zero-order chi connectivity index (χ0) is 14.6. The largest absolute Gasteiger partial charge is 0.405 e. The standard InChI is InChI=1S/C12H15F3N4O/c13-12(14,15)8-18-11(20)9-2-1-5-19(7-9)10-6-16-3-4-17-10/h3-4,6,9H,1-2,5,7-8H2,(H,18,20). The Hall–Kier alpha value is -1.86. The van der Waals surface area contributed by atoms with Crippen LogP contribution < -0.4 is 10.2 Å². The fourth-order valence-corrected chi connectivity index (χ4v) is 2.19. The van der Waals surface area contributed by atoms with Gasteiger partial charge in [0.15, 0.2) is 0 Å². The van der Waals surface area contributed by atoms with E-state index >= 15 is 0 Å². The summed E-state index contributed by atoms with van der Waals surface area (Å²) in [5.74, 6) is -0.371. The van der Waals surface area contributed by atoms with Gasteiger partial charge in [-0.2, -0.15) is 13.2 Å². The molecule has 1 aromatic rings. The fraction of sp³-hybridized carbons (Fsp3) is 0.583. The first-order valence-electron chi connectivity index (χ1n) is 6.31. The number of carbonyl (C=O) groups excluding carboxylic acids is 1. The van der Waals surface area contributed by atoms with E-state index in [2.05, 4.69) is 9.97 Å². The van der Waals surface area contributed by atoms with Crippen molar-refractivity contribution in [1.29, 1.82) is 0 Å². The van der Waals surface area contributed by atoms with Gasteiger partial charge in [-0.25, -0.2) is 4.98 Å². The van der Waals surface area contributed by atoms with Crippen molar-refractivity contribution in [2.24, 2.45) is 5.92 Å². The number of alkyl halides is 3. The number of aromatic nitrogens is 2. The fourth-order valence-electron chi connectivity index (χ4n) is 2.19. The molecule has 1 amide bonds. The Morgan fingerprint density at radius 1 is 1.45 bits per heavy atom. The van der Waals surface area contributed by atoms with Gasteiger partial charge in [-0.15, -0.1) is 0 Å². The maximum atomic E-state index is 12.1. The first-order chi connectivity index (χ1) is 9.46. The Morgan fingerprint density at radius 2 is 2.25 bits per heavy atom. The predicted octanol–water partition coefficient (Wildman–Crippen LogP) is 1.37. The van der Waals surface area contributed by atoms with E-state index in [9.17, 15) is 18.0 Å². The SMILES string of the molecule is O=C(NCC(F)(F)F)C1CCCN(c2cnccn2)C1. The molecule has 1 aliphatic heterocycles. The molecular weight excluding hydrogens is 273 g/mol. The van der Waals surface area contributed by atoms with E-state index in [-0.39, 0.29) is 0 Å². The molecule has 1 saturated heterocycles. The monoisotopic (exact) mass is 288 g/mol. The number of hydrogen-bond donors (Lipinski definition) is 1. The van der Waals surface area contributed by atoms with Gasteiger partial charge in [0.1, 0.15) is 12.4 Å². The summed E-state index contributed by atoms with van der Waals surface area (Å²) in [5.41, 5.74) is 0. The molecule has 2 heterocycles. The second-order valence-corrected chi connectivity index (χ2v) is 4.68. The van der Waals surface area contributed by atoms with Gasteiger partial charge in [0, 0.05) is 25.5 Å². The van der Waals surface area contributed by atoms with Gasteiger partial charge in [0.2, 0.25) is 5.91 Å². The van der Waals surface area contributed by atoms with E-state index in [1.807, 2.05) is 10.2 Å². The van der Waals surface area contributed by atoms with Gasteiger partial charge < -0.3 is 10.2 Å². The van der Waals surface area contributed by atoms with Crippen molar-refractivity contribution in [3.63, 3.8) is 0 Å². The van der Waals surface area contributed by atoms with Crippen molar-refractivity contribution in [1.82, 2.24) is 15.3 Å². The van der Waals surface area contributed by atoms with Gasteiger partial charge in [0.05, 0.1) is 12.1 Å². The van der Waals surface area contributed by atoms with Gasteiger partial charge in [-0.1, -0.05) is 0 Å². The lowest BCUT2D eigenvalue weighted by Crippen LogP contribution is -2.45. The van der Waals surface area contributed by atoms with Crippen LogP contribution in [0.5, 0.6) is 0 Å². The summed E-state index contributed by atoms with van der Waals surface area (Å²) >= 11 is 0. The molecule has 0 aromatic carbocycles. The van der Waals surface area contributed by atoms with Crippen molar-refractivity contribution in [3.05, 3.63) is 18.6 Å². The number of hydrogen-bond acceptors (Lipinski definition) is 4. The molecule has 0 bridgehead atoms. The van der Waals surface area contributed by atoms with E-state index in [4.69, 9.17) is 0 Å². The minimum Gasteiger partial charge on any atom is -0.355 e. The summed E-state index contributed by atoms with van der Waals surface area (Å²) in [6.45, 7) is -0.197. The van der Waals surface area contributed by atoms with E-state index in [1.54, 1.807) is 18.6 Å². The molecule has 2 rings (SSSR count). The Labute approximate surface area is 114 Å². The Bertz CT molecular complexity index is 452. The smallest absolute Gasteiger partial charge is 0.355 e. The van der Waals surface area contributed by atoms with Crippen LogP contribution >= 0.6 is 0 Å². The van der Waals surface area contributed by atoms with E-state index in [1.165, 1.54) is 0 Å². The number of anilines is 1. The average Bonchev–Trinajstić information content (AvgIpc) is 2.45. The highest BCUT2D eigenvalue weighted by Gasteiger charge is 2.31. The van der Waals surface area contributed by atoms with Gasteiger partial charge in [-0.05, 0) is 12.8 Å². The lowest BCUT2D eigenvalue weighted by molar-refractivity contribution is -0.140. The topological polar surface area (TPSA) is 58.1 Å². The van der Waals surface area contributed by atoms with Crippen LogP contribution in [-0.4, -0.2) is 41.7 Å². The molecule has 8 heteroatoms. The number of piperidine rings is 1. The molecule has 1 unspecified atom stereocenters. The van der Waals surface area contributed by atoms with Crippen LogP contribution in [0.25, 0.3) is 0 Å². The molecule has 0 saturated carbocycles. The lowest BCUT2D eigenvalue weighted by atomic mass is 9.97. The van der Waals surface area contributed by atoms with Crippen molar-refractivity contribution >= 4 is 11.7 Å². The normalized spacial score (nSPS) is 19.8. The third kappa shape index (κ3) is 4.07. The minimum atomic E-state index is -4.38.